The van der Waals surface area contributed by atoms with Crippen molar-refractivity contribution < 1.29 is 9.53 Å². The Morgan fingerprint density at radius 3 is 2.62 bits per heavy atom. The molecule has 0 aliphatic carbocycles. The van der Waals surface area contributed by atoms with Crippen molar-refractivity contribution in [3.63, 3.8) is 0 Å². The van der Waals surface area contributed by atoms with E-state index in [-0.39, 0.29) is 5.91 Å². The first-order valence-corrected chi connectivity index (χ1v) is 8.02. The second kappa shape index (κ2) is 6.11. The molecule has 1 fully saturated rings. The summed E-state index contributed by atoms with van der Waals surface area (Å²) < 4.78 is 5.15. The third-order valence-corrected chi connectivity index (χ3v) is 4.58. The third-order valence-electron chi connectivity index (χ3n) is 4.58. The lowest BCUT2D eigenvalue weighted by Gasteiger charge is -2.34. The van der Waals surface area contributed by atoms with E-state index in [0.717, 1.165) is 24.3 Å². The third kappa shape index (κ3) is 2.79. The van der Waals surface area contributed by atoms with Crippen molar-refractivity contribution in [2.75, 3.05) is 19.4 Å². The normalized spacial score (nSPS) is 20.2. The number of rotatable bonds is 3. The van der Waals surface area contributed by atoms with E-state index < -0.39 is 5.54 Å². The lowest BCUT2D eigenvalue weighted by atomic mass is 9.96. The van der Waals surface area contributed by atoms with E-state index in [0.29, 0.717) is 23.8 Å². The summed E-state index contributed by atoms with van der Waals surface area (Å²) in [5, 5.41) is 0. The van der Waals surface area contributed by atoms with E-state index in [1.165, 1.54) is 0 Å². The number of ether oxygens (including phenoxy) is 1. The number of likely N-dealkylation sites (tertiary alicyclic amines) is 1. The smallest absolute Gasteiger partial charge is 0.254 e. The molecule has 1 aliphatic rings. The van der Waals surface area contributed by atoms with Crippen molar-refractivity contribution in [2.24, 2.45) is 0 Å². The standard InChI is InChI=1S/C18H22N4O2/c1-12-11-15(19)21-17(20-12)18(2)9-4-10-22(18)16(23)13-5-7-14(24-3)8-6-13/h5-8,11H,4,9-10H2,1-3H3,(H2,19,20,21). The highest BCUT2D eigenvalue weighted by molar-refractivity contribution is 5.95. The molecule has 126 valence electrons. The zero-order valence-corrected chi connectivity index (χ0v) is 14.2. The largest absolute Gasteiger partial charge is 0.497 e. The van der Waals surface area contributed by atoms with Crippen molar-refractivity contribution in [2.45, 2.75) is 32.2 Å². The second-order valence-corrected chi connectivity index (χ2v) is 6.32. The molecule has 24 heavy (non-hydrogen) atoms. The Labute approximate surface area is 141 Å². The molecule has 1 aromatic heterocycles. The summed E-state index contributed by atoms with van der Waals surface area (Å²) in [6, 6.07) is 8.89. The van der Waals surface area contributed by atoms with Crippen LogP contribution in [0, 0.1) is 6.92 Å². The SMILES string of the molecule is COc1ccc(C(=O)N2CCCC2(C)c2nc(C)cc(N)n2)cc1. The van der Waals surface area contributed by atoms with Gasteiger partial charge >= 0.3 is 0 Å². The predicted molar refractivity (Wildman–Crippen MR) is 91.8 cm³/mol. The molecule has 6 heteroatoms. The molecule has 3 rings (SSSR count). The topological polar surface area (TPSA) is 81.3 Å². The zero-order valence-electron chi connectivity index (χ0n) is 14.2. The van der Waals surface area contributed by atoms with E-state index in [1.54, 1.807) is 37.4 Å². The summed E-state index contributed by atoms with van der Waals surface area (Å²) in [5.74, 6) is 1.74. The number of nitrogen functional groups attached to an aromatic ring is 1. The van der Waals surface area contributed by atoms with Gasteiger partial charge in [-0.2, -0.15) is 0 Å². The molecule has 1 aliphatic heterocycles. The number of nitrogens with two attached hydrogens (primary N) is 1. The molecule has 0 saturated carbocycles. The number of benzene rings is 1. The van der Waals surface area contributed by atoms with Crippen LogP contribution in [0.4, 0.5) is 5.82 Å². The van der Waals surface area contributed by atoms with E-state index in [1.807, 2.05) is 18.7 Å². The lowest BCUT2D eigenvalue weighted by Crippen LogP contribution is -2.44. The highest BCUT2D eigenvalue weighted by Gasteiger charge is 2.43. The summed E-state index contributed by atoms with van der Waals surface area (Å²) in [5.41, 5.74) is 6.77. The highest BCUT2D eigenvalue weighted by atomic mass is 16.5. The maximum Gasteiger partial charge on any atom is 0.254 e. The first kappa shape index (κ1) is 16.2. The first-order valence-electron chi connectivity index (χ1n) is 8.02. The molecule has 0 radical (unpaired) electrons. The van der Waals surface area contributed by atoms with E-state index in [4.69, 9.17) is 10.5 Å². The molecular weight excluding hydrogens is 304 g/mol. The van der Waals surface area contributed by atoms with Gasteiger partial charge in [0, 0.05) is 23.9 Å². The van der Waals surface area contributed by atoms with E-state index in [9.17, 15) is 4.79 Å². The second-order valence-electron chi connectivity index (χ2n) is 6.32. The monoisotopic (exact) mass is 326 g/mol. The fraction of sp³-hybridized carbons (Fsp3) is 0.389. The van der Waals surface area contributed by atoms with Gasteiger partial charge in [0.05, 0.1) is 7.11 Å². The molecule has 2 aromatic rings. The molecule has 1 aromatic carbocycles. The Morgan fingerprint density at radius 2 is 2.00 bits per heavy atom. The van der Waals surface area contributed by atoms with Crippen LogP contribution in [0.3, 0.4) is 0 Å². The van der Waals surface area contributed by atoms with Gasteiger partial charge in [-0.1, -0.05) is 0 Å². The minimum atomic E-state index is -0.544. The van der Waals surface area contributed by atoms with Crippen LogP contribution < -0.4 is 10.5 Å². The number of carbonyl (C=O) groups is 1. The van der Waals surface area contributed by atoms with Gasteiger partial charge in [-0.15, -0.1) is 0 Å². The van der Waals surface area contributed by atoms with Crippen molar-refractivity contribution >= 4 is 11.7 Å². The molecular formula is C18H22N4O2. The fourth-order valence-corrected chi connectivity index (χ4v) is 3.24. The zero-order chi connectivity index (χ0) is 17.3. The Balaban J connectivity index is 1.95. The van der Waals surface area contributed by atoms with Gasteiger partial charge in [0.2, 0.25) is 0 Å². The summed E-state index contributed by atoms with van der Waals surface area (Å²) >= 11 is 0. The van der Waals surface area contributed by atoms with Gasteiger partial charge in [-0.3, -0.25) is 4.79 Å². The first-order chi connectivity index (χ1) is 11.4. The average molecular weight is 326 g/mol. The number of amides is 1. The average Bonchev–Trinajstić information content (AvgIpc) is 2.96. The van der Waals surface area contributed by atoms with Crippen molar-refractivity contribution in [1.82, 2.24) is 14.9 Å². The van der Waals surface area contributed by atoms with Crippen LogP contribution in [0.1, 0.15) is 41.6 Å². The Morgan fingerprint density at radius 1 is 1.29 bits per heavy atom. The van der Waals surface area contributed by atoms with Gasteiger partial charge in [0.25, 0.3) is 5.91 Å². The van der Waals surface area contributed by atoms with Gasteiger partial charge < -0.3 is 15.4 Å². The molecule has 2 N–H and O–H groups in total. The van der Waals surface area contributed by atoms with E-state index >= 15 is 0 Å². The predicted octanol–water partition coefficient (Wildman–Crippen LogP) is 2.53. The number of hydrogen-bond donors (Lipinski definition) is 1. The summed E-state index contributed by atoms with van der Waals surface area (Å²) in [4.78, 5) is 23.8. The van der Waals surface area contributed by atoms with Gasteiger partial charge in [-0.25, -0.2) is 9.97 Å². The van der Waals surface area contributed by atoms with Crippen LogP contribution in [0.2, 0.25) is 0 Å². The highest BCUT2D eigenvalue weighted by Crippen LogP contribution is 2.38. The Kier molecular flexibility index (Phi) is 4.13. The molecule has 1 saturated heterocycles. The van der Waals surface area contributed by atoms with Gasteiger partial charge in [0.15, 0.2) is 5.82 Å². The van der Waals surface area contributed by atoms with E-state index in [2.05, 4.69) is 9.97 Å². The molecule has 6 nitrogen and oxygen atoms in total. The van der Waals surface area contributed by atoms with Crippen molar-refractivity contribution in [3.8, 4) is 5.75 Å². The van der Waals surface area contributed by atoms with Crippen LogP contribution in [0.25, 0.3) is 0 Å². The number of aromatic nitrogens is 2. The maximum atomic E-state index is 13.0. The van der Waals surface area contributed by atoms with Crippen molar-refractivity contribution in [3.05, 3.63) is 47.4 Å². The van der Waals surface area contributed by atoms with Crippen molar-refractivity contribution in [1.29, 1.82) is 0 Å². The van der Waals surface area contributed by atoms with Crippen LogP contribution in [-0.2, 0) is 5.54 Å². The molecule has 0 bridgehead atoms. The summed E-state index contributed by atoms with van der Waals surface area (Å²) in [6.45, 7) is 4.57. The minimum absolute atomic E-state index is 0.0265. The molecule has 1 unspecified atom stereocenters. The quantitative estimate of drug-likeness (QED) is 0.937. The number of hydrogen-bond acceptors (Lipinski definition) is 5. The van der Waals surface area contributed by atoms with Gasteiger partial charge in [0.1, 0.15) is 17.1 Å². The van der Waals surface area contributed by atoms with Crippen LogP contribution >= 0.6 is 0 Å². The minimum Gasteiger partial charge on any atom is -0.497 e. The number of carbonyl (C=O) groups excluding carboxylic acids is 1. The van der Waals surface area contributed by atoms with Crippen LogP contribution in [-0.4, -0.2) is 34.4 Å². The number of nitrogens with zero attached hydrogens (tertiary/aromatic N) is 3. The number of methoxy groups -OCH3 is 1. The summed E-state index contributed by atoms with van der Waals surface area (Å²) in [7, 11) is 1.61. The fourth-order valence-electron chi connectivity index (χ4n) is 3.24. The number of anilines is 1. The molecule has 1 atom stereocenters. The van der Waals surface area contributed by atoms with Crippen LogP contribution in [0.15, 0.2) is 30.3 Å². The molecule has 2 heterocycles. The lowest BCUT2D eigenvalue weighted by molar-refractivity contribution is 0.0604. The molecule has 1 amide bonds. The van der Waals surface area contributed by atoms with Gasteiger partial charge in [-0.05, 0) is 51.0 Å². The number of aryl methyl sites for hydroxylation is 1. The maximum absolute atomic E-state index is 13.0. The molecule has 0 spiro atoms. The Hall–Kier alpha value is -2.63. The van der Waals surface area contributed by atoms with Crippen LogP contribution in [0.5, 0.6) is 5.75 Å². The Bertz CT molecular complexity index is 740. The summed E-state index contributed by atoms with van der Waals surface area (Å²) in [6.07, 6.45) is 1.73.